The van der Waals surface area contributed by atoms with Crippen molar-refractivity contribution in [3.05, 3.63) is 65.5 Å². The van der Waals surface area contributed by atoms with Crippen LogP contribution in [0, 0.1) is 11.7 Å². The molecule has 4 rings (SSSR count). The molecule has 2 atom stereocenters. The summed E-state index contributed by atoms with van der Waals surface area (Å²) in [5, 5.41) is 1.23. The predicted octanol–water partition coefficient (Wildman–Crippen LogP) is 6.21. The maximum Gasteiger partial charge on any atom is 0.128 e. The molecule has 0 amide bonds. The van der Waals surface area contributed by atoms with Crippen molar-refractivity contribution in [3.63, 3.8) is 0 Å². The van der Waals surface area contributed by atoms with Crippen LogP contribution < -0.4 is 4.50 Å². The number of likely N-dealkylation sites (tertiary alicyclic amines) is 1. The lowest BCUT2D eigenvalue weighted by atomic mass is 9.81. The highest BCUT2D eigenvalue weighted by atomic mass is 32.1. The van der Waals surface area contributed by atoms with Crippen LogP contribution in [0.4, 0.5) is 4.39 Å². The first kappa shape index (κ1) is 19.8. The number of piperidine rings is 1. The lowest BCUT2D eigenvalue weighted by molar-refractivity contribution is 0.155. The lowest BCUT2D eigenvalue weighted by Crippen LogP contribution is -2.38. The van der Waals surface area contributed by atoms with E-state index in [1.54, 1.807) is 6.07 Å². The van der Waals surface area contributed by atoms with Crippen molar-refractivity contribution in [3.8, 4) is 0 Å². The van der Waals surface area contributed by atoms with Gasteiger partial charge in [-0.2, -0.15) is 0 Å². The van der Waals surface area contributed by atoms with Crippen LogP contribution in [0.5, 0.6) is 0 Å². The van der Waals surface area contributed by atoms with E-state index in [2.05, 4.69) is 67.9 Å². The van der Waals surface area contributed by atoms with Crippen molar-refractivity contribution in [2.24, 2.45) is 5.92 Å². The number of halogens is 1. The third kappa shape index (κ3) is 3.96. The lowest BCUT2D eigenvalue weighted by Gasteiger charge is -2.37. The van der Waals surface area contributed by atoms with Gasteiger partial charge in [-0.3, -0.25) is 4.90 Å². The van der Waals surface area contributed by atoms with Gasteiger partial charge in [0.1, 0.15) is 5.82 Å². The standard InChI is InChI=1S/C24H30FNSSi/c1-17-15-26(16-18-8-6-5-7-9-18)13-12-20(17)23-21(25)11-10-19-14-22(27-24(19)23)28(2,3)4/h5-11,14,17,20H,12-13,15-16H2,1-4H3/t17-,20+/m1/s1. The molecule has 0 N–H and O–H groups in total. The first-order chi connectivity index (χ1) is 13.3. The zero-order valence-electron chi connectivity index (χ0n) is 17.3. The van der Waals surface area contributed by atoms with E-state index in [9.17, 15) is 0 Å². The van der Waals surface area contributed by atoms with Crippen LogP contribution in [-0.2, 0) is 6.54 Å². The summed E-state index contributed by atoms with van der Waals surface area (Å²) >= 11 is 1.85. The van der Waals surface area contributed by atoms with Gasteiger partial charge in [-0.05, 0) is 52.4 Å². The fourth-order valence-electron chi connectivity index (χ4n) is 4.46. The minimum absolute atomic E-state index is 0.00941. The maximum absolute atomic E-state index is 15.0. The number of fused-ring (bicyclic) bond motifs is 1. The Morgan fingerprint density at radius 3 is 2.54 bits per heavy atom. The summed E-state index contributed by atoms with van der Waals surface area (Å²) in [6.45, 7) is 12.5. The quantitative estimate of drug-likeness (QED) is 0.461. The van der Waals surface area contributed by atoms with Gasteiger partial charge in [0.2, 0.25) is 0 Å². The molecule has 1 fully saturated rings. The molecule has 1 saturated heterocycles. The van der Waals surface area contributed by atoms with Gasteiger partial charge in [0.15, 0.2) is 0 Å². The molecule has 1 aliphatic heterocycles. The Morgan fingerprint density at radius 2 is 1.86 bits per heavy atom. The molecule has 0 bridgehead atoms. The first-order valence-electron chi connectivity index (χ1n) is 10.3. The summed E-state index contributed by atoms with van der Waals surface area (Å²) < 4.78 is 17.7. The molecule has 0 saturated carbocycles. The molecule has 28 heavy (non-hydrogen) atoms. The van der Waals surface area contributed by atoms with Gasteiger partial charge < -0.3 is 0 Å². The fourth-order valence-corrected chi connectivity index (χ4v) is 7.59. The van der Waals surface area contributed by atoms with E-state index in [0.717, 1.165) is 31.6 Å². The molecule has 2 heterocycles. The predicted molar refractivity (Wildman–Crippen MR) is 123 cm³/mol. The Morgan fingerprint density at radius 1 is 1.11 bits per heavy atom. The van der Waals surface area contributed by atoms with Gasteiger partial charge in [0, 0.05) is 23.4 Å². The summed E-state index contributed by atoms with van der Waals surface area (Å²) in [6, 6.07) is 16.7. The monoisotopic (exact) mass is 411 g/mol. The summed E-state index contributed by atoms with van der Waals surface area (Å²) in [6.07, 6.45) is 1.03. The number of rotatable bonds is 4. The third-order valence-corrected chi connectivity index (χ3v) is 10.8. The average molecular weight is 412 g/mol. The highest BCUT2D eigenvalue weighted by molar-refractivity contribution is 7.31. The molecule has 148 valence electrons. The third-order valence-electron chi connectivity index (χ3n) is 6.02. The van der Waals surface area contributed by atoms with Crippen LogP contribution in [0.3, 0.4) is 0 Å². The molecule has 1 aromatic heterocycles. The average Bonchev–Trinajstić information content (AvgIpc) is 3.08. The molecule has 4 heteroatoms. The van der Waals surface area contributed by atoms with E-state index in [4.69, 9.17) is 0 Å². The molecule has 0 spiro atoms. The van der Waals surface area contributed by atoms with Crippen LogP contribution >= 0.6 is 11.3 Å². The van der Waals surface area contributed by atoms with E-state index in [0.29, 0.717) is 11.8 Å². The highest BCUT2D eigenvalue weighted by Crippen LogP contribution is 2.40. The van der Waals surface area contributed by atoms with Crippen LogP contribution in [0.15, 0.2) is 48.5 Å². The number of hydrogen-bond donors (Lipinski definition) is 0. The second kappa shape index (κ2) is 7.73. The van der Waals surface area contributed by atoms with Crippen molar-refractivity contribution >= 4 is 34.0 Å². The Kier molecular flexibility index (Phi) is 5.47. The Labute approximate surface area is 173 Å². The van der Waals surface area contributed by atoms with E-state index in [-0.39, 0.29) is 5.82 Å². The topological polar surface area (TPSA) is 3.24 Å². The van der Waals surface area contributed by atoms with Crippen molar-refractivity contribution in [2.75, 3.05) is 13.1 Å². The first-order valence-corrected chi connectivity index (χ1v) is 14.6. The van der Waals surface area contributed by atoms with Gasteiger partial charge in [-0.1, -0.05) is 63.0 Å². The van der Waals surface area contributed by atoms with Gasteiger partial charge in [-0.25, -0.2) is 4.39 Å². The van der Waals surface area contributed by atoms with E-state index >= 15 is 4.39 Å². The number of benzene rings is 2. The van der Waals surface area contributed by atoms with Gasteiger partial charge >= 0.3 is 0 Å². The highest BCUT2D eigenvalue weighted by Gasteiger charge is 2.31. The maximum atomic E-state index is 15.0. The Hall–Kier alpha value is -1.49. The van der Waals surface area contributed by atoms with Crippen molar-refractivity contribution in [1.29, 1.82) is 0 Å². The smallest absolute Gasteiger partial charge is 0.128 e. The second-order valence-corrected chi connectivity index (χ2v) is 15.8. The van der Waals surface area contributed by atoms with Crippen LogP contribution in [0.1, 0.15) is 30.4 Å². The summed E-state index contributed by atoms with van der Waals surface area (Å²) in [4.78, 5) is 2.52. The van der Waals surface area contributed by atoms with E-state index in [1.807, 2.05) is 17.4 Å². The number of thiophene rings is 1. The zero-order chi connectivity index (χ0) is 19.9. The van der Waals surface area contributed by atoms with Gasteiger partial charge in [-0.15, -0.1) is 11.3 Å². The molecular weight excluding hydrogens is 381 g/mol. The fraction of sp³-hybridized carbons (Fsp3) is 0.417. The zero-order valence-corrected chi connectivity index (χ0v) is 19.2. The minimum atomic E-state index is -1.39. The molecular formula is C24H30FNSSi. The van der Waals surface area contributed by atoms with Crippen LogP contribution in [-0.4, -0.2) is 26.1 Å². The second-order valence-electron chi connectivity index (χ2n) is 9.33. The normalized spacial score (nSPS) is 21.3. The molecule has 1 nitrogen and oxygen atoms in total. The van der Waals surface area contributed by atoms with Crippen molar-refractivity contribution in [2.45, 2.75) is 45.4 Å². The number of hydrogen-bond acceptors (Lipinski definition) is 2. The summed E-state index contributed by atoms with van der Waals surface area (Å²) in [5.74, 6) is 0.753. The van der Waals surface area contributed by atoms with E-state index in [1.165, 1.54) is 20.2 Å². The van der Waals surface area contributed by atoms with Gasteiger partial charge in [0.25, 0.3) is 0 Å². The Bertz CT molecular complexity index is 960. The van der Waals surface area contributed by atoms with Crippen molar-refractivity contribution < 1.29 is 4.39 Å². The molecule has 0 unspecified atom stereocenters. The minimum Gasteiger partial charge on any atom is -0.299 e. The molecule has 1 aliphatic rings. The van der Waals surface area contributed by atoms with Crippen LogP contribution in [0.2, 0.25) is 19.6 Å². The van der Waals surface area contributed by atoms with E-state index < -0.39 is 8.07 Å². The van der Waals surface area contributed by atoms with Gasteiger partial charge in [0.05, 0.1) is 8.07 Å². The SMILES string of the molecule is C[C@@H]1CN(Cc2ccccc2)CC[C@@H]1c1c(F)ccc2cc([Si](C)(C)C)sc12. The largest absolute Gasteiger partial charge is 0.299 e. The molecule has 0 radical (unpaired) electrons. The molecule has 0 aliphatic carbocycles. The van der Waals surface area contributed by atoms with Crippen LogP contribution in [0.25, 0.3) is 10.1 Å². The number of nitrogens with zero attached hydrogens (tertiary/aromatic N) is 1. The molecule has 2 aromatic carbocycles. The summed E-state index contributed by atoms with van der Waals surface area (Å²) in [7, 11) is -1.39. The molecule has 3 aromatic rings. The van der Waals surface area contributed by atoms with Crippen molar-refractivity contribution in [1.82, 2.24) is 4.90 Å². The summed E-state index contributed by atoms with van der Waals surface area (Å²) in [5.41, 5.74) is 2.35. The Balaban J connectivity index is 1.60.